The molecule has 3 rings (SSSR count). The molecule has 0 saturated carbocycles. The van der Waals surface area contributed by atoms with Gasteiger partial charge in [0, 0.05) is 11.4 Å². The predicted molar refractivity (Wildman–Crippen MR) is 75.4 cm³/mol. The lowest BCUT2D eigenvalue weighted by molar-refractivity contribution is -0.0240. The number of ether oxygens (including phenoxy) is 2. The molecule has 1 aromatic carbocycles. The molecule has 1 N–H and O–H groups in total. The van der Waals surface area contributed by atoms with Gasteiger partial charge in [-0.05, 0) is 43.6 Å². The summed E-state index contributed by atoms with van der Waals surface area (Å²) in [5.74, 6) is 0. The summed E-state index contributed by atoms with van der Waals surface area (Å²) in [6.45, 7) is 3.49. The van der Waals surface area contributed by atoms with Gasteiger partial charge in [0.05, 0.1) is 24.9 Å². The molecule has 2 aliphatic heterocycles. The number of piperidine rings is 1. The number of halogens is 1. The second-order valence-corrected chi connectivity index (χ2v) is 5.94. The highest BCUT2D eigenvalue weighted by Crippen LogP contribution is 2.35. The van der Waals surface area contributed by atoms with Crippen molar-refractivity contribution in [3.8, 4) is 0 Å². The highest BCUT2D eigenvalue weighted by atomic mass is 35.5. The van der Waals surface area contributed by atoms with Crippen LogP contribution < -0.4 is 5.32 Å². The van der Waals surface area contributed by atoms with Crippen LogP contribution in [0.15, 0.2) is 24.3 Å². The molecule has 0 radical (unpaired) electrons. The Labute approximate surface area is 119 Å². The molecule has 0 aliphatic carbocycles. The molecule has 2 aliphatic rings. The maximum Gasteiger partial charge on any atom is 0.0840 e. The minimum Gasteiger partial charge on any atom is -0.372 e. The van der Waals surface area contributed by atoms with Gasteiger partial charge in [-0.25, -0.2) is 0 Å². The van der Waals surface area contributed by atoms with Crippen LogP contribution in [0.2, 0.25) is 5.02 Å². The van der Waals surface area contributed by atoms with Crippen LogP contribution in [-0.4, -0.2) is 31.4 Å². The summed E-state index contributed by atoms with van der Waals surface area (Å²) in [5, 5.41) is 4.15. The van der Waals surface area contributed by atoms with Gasteiger partial charge in [0.2, 0.25) is 0 Å². The van der Waals surface area contributed by atoms with Crippen LogP contribution in [-0.2, 0) is 16.1 Å². The molecular weight excluding hydrogens is 262 g/mol. The fourth-order valence-electron chi connectivity index (χ4n) is 2.94. The molecule has 0 aromatic heterocycles. The maximum atomic E-state index is 6.02. The van der Waals surface area contributed by atoms with Crippen LogP contribution in [0.5, 0.6) is 0 Å². The molecular formula is C15H20ClNO2. The first-order valence-electron chi connectivity index (χ1n) is 6.97. The van der Waals surface area contributed by atoms with Crippen LogP contribution in [0.3, 0.4) is 0 Å². The summed E-state index contributed by atoms with van der Waals surface area (Å²) in [4.78, 5) is 0. The predicted octanol–water partition coefficient (Wildman–Crippen LogP) is 2.77. The number of nitrogens with one attached hydrogen (secondary N) is 1. The first-order valence-corrected chi connectivity index (χ1v) is 7.34. The third-order valence-corrected chi connectivity index (χ3v) is 4.34. The molecule has 2 saturated heterocycles. The number of hydrogen-bond donors (Lipinski definition) is 1. The smallest absolute Gasteiger partial charge is 0.0840 e. The van der Waals surface area contributed by atoms with Gasteiger partial charge in [-0.1, -0.05) is 23.7 Å². The van der Waals surface area contributed by atoms with Gasteiger partial charge in [0.25, 0.3) is 0 Å². The SMILES string of the molecule is Clc1ccc(COC2COC3(CCNCC3)C2)cc1. The molecule has 1 aromatic rings. The molecule has 1 spiro atoms. The number of rotatable bonds is 3. The van der Waals surface area contributed by atoms with Crippen molar-refractivity contribution in [3.63, 3.8) is 0 Å². The standard InChI is InChI=1S/C15H20ClNO2/c16-13-3-1-12(2-4-13)10-18-14-9-15(19-11-14)5-7-17-8-6-15/h1-4,14,17H,5-11H2. The first kappa shape index (κ1) is 13.4. The third-order valence-electron chi connectivity index (χ3n) is 4.09. The van der Waals surface area contributed by atoms with Gasteiger partial charge in [0.1, 0.15) is 0 Å². The van der Waals surface area contributed by atoms with Crippen molar-refractivity contribution in [3.05, 3.63) is 34.9 Å². The summed E-state index contributed by atoms with van der Waals surface area (Å²) in [5.41, 5.74) is 1.24. The van der Waals surface area contributed by atoms with Crippen LogP contribution >= 0.6 is 11.6 Å². The number of hydrogen-bond acceptors (Lipinski definition) is 3. The van der Waals surface area contributed by atoms with Gasteiger partial charge in [-0.3, -0.25) is 0 Å². The van der Waals surface area contributed by atoms with E-state index in [4.69, 9.17) is 21.1 Å². The Morgan fingerprint density at radius 2 is 2.00 bits per heavy atom. The lowest BCUT2D eigenvalue weighted by Gasteiger charge is -2.32. The lowest BCUT2D eigenvalue weighted by Crippen LogP contribution is -2.41. The molecule has 4 heteroatoms. The van der Waals surface area contributed by atoms with E-state index < -0.39 is 0 Å². The normalized spacial score (nSPS) is 25.8. The van der Waals surface area contributed by atoms with Crippen LogP contribution in [0.1, 0.15) is 24.8 Å². The Balaban J connectivity index is 1.50. The second-order valence-electron chi connectivity index (χ2n) is 5.51. The molecule has 0 bridgehead atoms. The van der Waals surface area contributed by atoms with Gasteiger partial charge >= 0.3 is 0 Å². The quantitative estimate of drug-likeness (QED) is 0.924. The van der Waals surface area contributed by atoms with Crippen LogP contribution in [0.25, 0.3) is 0 Å². The van der Waals surface area contributed by atoms with Crippen molar-refractivity contribution in [1.82, 2.24) is 5.32 Å². The van der Waals surface area contributed by atoms with E-state index in [1.54, 1.807) is 0 Å². The lowest BCUT2D eigenvalue weighted by atomic mass is 9.89. The average molecular weight is 282 g/mol. The molecule has 2 fully saturated rings. The Bertz CT molecular complexity index is 415. The zero-order chi connectivity index (χ0) is 13.1. The minimum atomic E-state index is 0.0793. The summed E-state index contributed by atoms with van der Waals surface area (Å²) >= 11 is 5.87. The van der Waals surface area contributed by atoms with E-state index in [2.05, 4.69) is 5.32 Å². The zero-order valence-electron chi connectivity index (χ0n) is 11.0. The van der Waals surface area contributed by atoms with Crippen molar-refractivity contribution in [2.24, 2.45) is 0 Å². The molecule has 0 amide bonds. The van der Waals surface area contributed by atoms with E-state index in [0.29, 0.717) is 6.61 Å². The van der Waals surface area contributed by atoms with Crippen molar-refractivity contribution < 1.29 is 9.47 Å². The third kappa shape index (κ3) is 3.29. The highest BCUT2D eigenvalue weighted by molar-refractivity contribution is 6.30. The Hall–Kier alpha value is -0.610. The second kappa shape index (κ2) is 5.80. The fraction of sp³-hybridized carbons (Fsp3) is 0.600. The monoisotopic (exact) mass is 281 g/mol. The average Bonchev–Trinajstić information content (AvgIpc) is 2.82. The molecule has 2 heterocycles. The van der Waals surface area contributed by atoms with Crippen LogP contribution in [0, 0.1) is 0 Å². The first-order chi connectivity index (χ1) is 9.26. The van der Waals surface area contributed by atoms with E-state index in [0.717, 1.165) is 49.5 Å². The van der Waals surface area contributed by atoms with Gasteiger partial charge in [-0.15, -0.1) is 0 Å². The highest BCUT2D eigenvalue weighted by Gasteiger charge is 2.41. The van der Waals surface area contributed by atoms with Crippen molar-refractivity contribution >= 4 is 11.6 Å². The fourth-order valence-corrected chi connectivity index (χ4v) is 3.06. The van der Waals surface area contributed by atoms with Crippen LogP contribution in [0.4, 0.5) is 0 Å². The topological polar surface area (TPSA) is 30.5 Å². The Morgan fingerprint density at radius 1 is 1.26 bits per heavy atom. The van der Waals surface area contributed by atoms with Crippen molar-refractivity contribution in [1.29, 1.82) is 0 Å². The van der Waals surface area contributed by atoms with Gasteiger partial charge in [-0.2, -0.15) is 0 Å². The maximum absolute atomic E-state index is 6.02. The van der Waals surface area contributed by atoms with Crippen molar-refractivity contribution in [2.75, 3.05) is 19.7 Å². The zero-order valence-corrected chi connectivity index (χ0v) is 11.8. The van der Waals surface area contributed by atoms with Gasteiger partial charge in [0.15, 0.2) is 0 Å². The van der Waals surface area contributed by atoms with Crippen molar-refractivity contribution in [2.45, 2.75) is 37.6 Å². The molecule has 104 valence electrons. The molecule has 1 atom stereocenters. The Kier molecular flexibility index (Phi) is 4.08. The summed E-state index contributed by atoms with van der Waals surface area (Å²) in [6.07, 6.45) is 3.47. The summed E-state index contributed by atoms with van der Waals surface area (Å²) in [7, 11) is 0. The van der Waals surface area contributed by atoms with E-state index in [-0.39, 0.29) is 11.7 Å². The molecule has 1 unspecified atom stereocenters. The Morgan fingerprint density at radius 3 is 2.74 bits per heavy atom. The van der Waals surface area contributed by atoms with E-state index in [1.165, 1.54) is 0 Å². The van der Waals surface area contributed by atoms with E-state index in [9.17, 15) is 0 Å². The van der Waals surface area contributed by atoms with Gasteiger partial charge < -0.3 is 14.8 Å². The minimum absolute atomic E-state index is 0.0793. The van der Waals surface area contributed by atoms with E-state index in [1.807, 2.05) is 24.3 Å². The summed E-state index contributed by atoms with van der Waals surface area (Å²) in [6, 6.07) is 7.83. The molecule has 3 nitrogen and oxygen atoms in total. The summed E-state index contributed by atoms with van der Waals surface area (Å²) < 4.78 is 12.0. The van der Waals surface area contributed by atoms with E-state index >= 15 is 0 Å². The number of benzene rings is 1. The largest absolute Gasteiger partial charge is 0.372 e. The molecule has 19 heavy (non-hydrogen) atoms.